The van der Waals surface area contributed by atoms with Gasteiger partial charge >= 0.3 is 0 Å². The van der Waals surface area contributed by atoms with E-state index in [2.05, 4.69) is 37.2 Å². The molecule has 0 aliphatic carbocycles. The normalized spacial score (nSPS) is 12.7. The Morgan fingerprint density at radius 1 is 1.25 bits per heavy atom. The van der Waals surface area contributed by atoms with Crippen molar-refractivity contribution in [1.82, 2.24) is 5.32 Å². The van der Waals surface area contributed by atoms with Gasteiger partial charge in [0.25, 0.3) is 0 Å². The second-order valence-corrected chi connectivity index (χ2v) is 7.77. The molecule has 108 valence electrons. The van der Waals surface area contributed by atoms with Crippen molar-refractivity contribution in [2.75, 3.05) is 6.54 Å². The Kier molecular flexibility index (Phi) is 5.59. The molecule has 2 rings (SSSR count). The van der Waals surface area contributed by atoms with E-state index in [0.717, 1.165) is 8.66 Å². The minimum atomic E-state index is -0.594. The Hall–Kier alpha value is -0.0100. The maximum atomic E-state index is 14.1. The van der Waals surface area contributed by atoms with E-state index in [9.17, 15) is 8.78 Å². The lowest BCUT2D eigenvalue weighted by molar-refractivity contribution is 0.512. The number of benzene rings is 1. The molecule has 0 aliphatic heterocycles. The van der Waals surface area contributed by atoms with Gasteiger partial charge in [-0.15, -0.1) is 11.3 Å². The second kappa shape index (κ2) is 6.83. The molecule has 1 aromatic heterocycles. The lowest BCUT2D eigenvalue weighted by Gasteiger charge is -2.18. The molecule has 7 heteroatoms. The number of halogens is 5. The molecule has 20 heavy (non-hydrogen) atoms. The minimum Gasteiger partial charge on any atom is -0.306 e. The van der Waals surface area contributed by atoms with E-state index in [1.54, 1.807) is 6.07 Å². The third-order valence-electron chi connectivity index (χ3n) is 2.69. The van der Waals surface area contributed by atoms with Crippen LogP contribution in [0.5, 0.6) is 0 Å². The van der Waals surface area contributed by atoms with E-state index in [0.29, 0.717) is 16.0 Å². The first-order chi connectivity index (χ1) is 9.43. The third kappa shape index (κ3) is 3.42. The van der Waals surface area contributed by atoms with Gasteiger partial charge in [0.05, 0.1) is 14.9 Å². The maximum Gasteiger partial charge on any atom is 0.132 e. The SMILES string of the molecule is CCNC(c1cc(Cl)c(Br)s1)c1c(F)cc(Br)cc1F. The fourth-order valence-corrected chi connectivity index (χ4v) is 4.12. The molecule has 0 saturated carbocycles. The van der Waals surface area contributed by atoms with Crippen molar-refractivity contribution in [1.29, 1.82) is 0 Å². The summed E-state index contributed by atoms with van der Waals surface area (Å²) in [6.07, 6.45) is 0. The molecule has 1 unspecified atom stereocenters. The van der Waals surface area contributed by atoms with Crippen molar-refractivity contribution in [2.24, 2.45) is 0 Å². The summed E-state index contributed by atoms with van der Waals surface area (Å²) >= 11 is 13.8. The highest BCUT2D eigenvalue weighted by atomic mass is 79.9. The first kappa shape index (κ1) is 16.4. The van der Waals surface area contributed by atoms with Crippen LogP contribution in [0, 0.1) is 11.6 Å². The number of nitrogens with one attached hydrogen (secondary N) is 1. The molecule has 0 aliphatic rings. The molecule has 2 aromatic rings. The summed E-state index contributed by atoms with van der Waals surface area (Å²) in [5, 5.41) is 3.63. The van der Waals surface area contributed by atoms with Crippen LogP contribution in [0.15, 0.2) is 26.5 Å². The van der Waals surface area contributed by atoms with Crippen LogP contribution in [0.25, 0.3) is 0 Å². The van der Waals surface area contributed by atoms with E-state index < -0.39 is 17.7 Å². The predicted octanol–water partition coefficient (Wildman–Crippen LogP) is 5.90. The summed E-state index contributed by atoms with van der Waals surface area (Å²) in [6.45, 7) is 2.46. The molecule has 1 aromatic carbocycles. The average Bonchev–Trinajstić information content (AvgIpc) is 2.67. The standard InChI is InChI=1S/C13H10Br2ClF2NS/c1-2-19-12(10-5-7(16)13(15)20-10)11-8(17)3-6(14)4-9(11)18/h3-5,12,19H,2H2,1H3. The first-order valence-corrected chi connectivity index (χ1v) is 8.54. The summed E-state index contributed by atoms with van der Waals surface area (Å²) < 4.78 is 29.4. The average molecular weight is 446 g/mol. The summed E-state index contributed by atoms with van der Waals surface area (Å²) in [6, 6.07) is 3.66. The zero-order valence-electron chi connectivity index (χ0n) is 10.3. The summed E-state index contributed by atoms with van der Waals surface area (Å²) in [5.41, 5.74) is 0.000432. The third-order valence-corrected chi connectivity index (χ3v) is 5.69. The van der Waals surface area contributed by atoms with Crippen LogP contribution < -0.4 is 5.32 Å². The molecule has 0 fully saturated rings. The molecule has 0 spiro atoms. The van der Waals surface area contributed by atoms with Gasteiger partial charge in [0.15, 0.2) is 0 Å². The van der Waals surface area contributed by atoms with E-state index in [1.165, 1.54) is 23.5 Å². The molecule has 0 amide bonds. The zero-order valence-corrected chi connectivity index (χ0v) is 15.1. The quantitative estimate of drug-likeness (QED) is 0.618. The topological polar surface area (TPSA) is 12.0 Å². The van der Waals surface area contributed by atoms with Crippen LogP contribution in [-0.4, -0.2) is 6.54 Å². The smallest absolute Gasteiger partial charge is 0.132 e. The second-order valence-electron chi connectivity index (χ2n) is 4.04. The van der Waals surface area contributed by atoms with Crippen LogP contribution >= 0.6 is 54.8 Å². The number of rotatable bonds is 4. The van der Waals surface area contributed by atoms with Crippen LogP contribution in [0.4, 0.5) is 8.78 Å². The van der Waals surface area contributed by atoms with Crippen LogP contribution in [0.1, 0.15) is 23.4 Å². The van der Waals surface area contributed by atoms with Crippen LogP contribution in [-0.2, 0) is 0 Å². The summed E-state index contributed by atoms with van der Waals surface area (Å²) in [5.74, 6) is -1.19. The van der Waals surface area contributed by atoms with Crippen molar-refractivity contribution in [3.05, 3.63) is 53.6 Å². The van der Waals surface area contributed by atoms with E-state index >= 15 is 0 Å². The van der Waals surface area contributed by atoms with Gasteiger partial charge in [-0.3, -0.25) is 0 Å². The molecule has 0 radical (unpaired) electrons. The Morgan fingerprint density at radius 2 is 1.85 bits per heavy atom. The van der Waals surface area contributed by atoms with E-state index in [4.69, 9.17) is 11.6 Å². The highest BCUT2D eigenvalue weighted by molar-refractivity contribution is 9.11. The van der Waals surface area contributed by atoms with Crippen molar-refractivity contribution in [2.45, 2.75) is 13.0 Å². The van der Waals surface area contributed by atoms with Crippen molar-refractivity contribution >= 4 is 54.8 Å². The minimum absolute atomic E-state index is 0.000432. The molecule has 1 atom stereocenters. The Labute approximate surface area is 141 Å². The molecule has 1 nitrogen and oxygen atoms in total. The molecule has 1 heterocycles. The lowest BCUT2D eigenvalue weighted by Crippen LogP contribution is -2.23. The largest absolute Gasteiger partial charge is 0.306 e. The number of hydrogen-bond acceptors (Lipinski definition) is 2. The molecular weight excluding hydrogens is 435 g/mol. The maximum absolute atomic E-state index is 14.1. The van der Waals surface area contributed by atoms with Crippen LogP contribution in [0.3, 0.4) is 0 Å². The van der Waals surface area contributed by atoms with Crippen molar-refractivity contribution < 1.29 is 8.78 Å². The van der Waals surface area contributed by atoms with Gasteiger partial charge in [-0.2, -0.15) is 0 Å². The Bertz CT molecular complexity index is 590. The lowest BCUT2D eigenvalue weighted by atomic mass is 10.0. The van der Waals surface area contributed by atoms with Gasteiger partial charge < -0.3 is 5.32 Å². The summed E-state index contributed by atoms with van der Waals surface area (Å²) in [7, 11) is 0. The highest BCUT2D eigenvalue weighted by Gasteiger charge is 2.24. The van der Waals surface area contributed by atoms with Gasteiger partial charge in [-0.25, -0.2) is 8.78 Å². The van der Waals surface area contributed by atoms with Gasteiger partial charge in [-0.1, -0.05) is 34.5 Å². The Balaban J connectivity index is 2.54. The zero-order chi connectivity index (χ0) is 14.9. The van der Waals surface area contributed by atoms with Crippen molar-refractivity contribution in [3.63, 3.8) is 0 Å². The summed E-state index contributed by atoms with van der Waals surface area (Å²) in [4.78, 5) is 0.754. The Morgan fingerprint density at radius 3 is 2.30 bits per heavy atom. The number of thiophene rings is 1. The van der Waals surface area contributed by atoms with Gasteiger partial charge in [0.2, 0.25) is 0 Å². The predicted molar refractivity (Wildman–Crippen MR) is 86.6 cm³/mol. The van der Waals surface area contributed by atoms with Gasteiger partial charge in [-0.05, 0) is 40.7 Å². The monoisotopic (exact) mass is 443 g/mol. The number of hydrogen-bond donors (Lipinski definition) is 1. The first-order valence-electron chi connectivity index (χ1n) is 5.76. The van der Waals surface area contributed by atoms with Gasteiger partial charge in [0.1, 0.15) is 11.6 Å². The molecule has 1 N–H and O–H groups in total. The van der Waals surface area contributed by atoms with Gasteiger partial charge in [0, 0.05) is 14.9 Å². The van der Waals surface area contributed by atoms with Crippen molar-refractivity contribution in [3.8, 4) is 0 Å². The van der Waals surface area contributed by atoms with E-state index in [-0.39, 0.29) is 5.56 Å². The fourth-order valence-electron chi connectivity index (χ4n) is 1.88. The molecule has 0 bridgehead atoms. The highest BCUT2D eigenvalue weighted by Crippen LogP contribution is 2.39. The fraction of sp³-hybridized carbons (Fsp3) is 0.231. The van der Waals surface area contributed by atoms with Crippen LogP contribution in [0.2, 0.25) is 5.02 Å². The molecular formula is C13H10Br2ClF2NS. The molecule has 0 saturated heterocycles. The van der Waals surface area contributed by atoms with E-state index in [1.807, 2.05) is 6.92 Å².